The maximum absolute atomic E-state index is 12.1. The summed E-state index contributed by atoms with van der Waals surface area (Å²) < 4.78 is 3.96. The molecule has 0 atom stereocenters. The smallest absolute Gasteiger partial charge is 0.340 e. The van der Waals surface area contributed by atoms with Crippen molar-refractivity contribution in [3.63, 3.8) is 0 Å². The minimum atomic E-state index is -1.08. The Kier molecular flexibility index (Phi) is 3.96. The van der Waals surface area contributed by atoms with Crippen molar-refractivity contribution in [2.45, 2.75) is 20.3 Å². The molecular weight excluding hydrogens is 284 g/mol. The Morgan fingerprint density at radius 1 is 1.47 bits per heavy atom. The van der Waals surface area contributed by atoms with E-state index < -0.39 is 5.97 Å². The molecular formula is C12H12N2O3S2. The van der Waals surface area contributed by atoms with Gasteiger partial charge in [0.15, 0.2) is 0 Å². The first-order valence-corrected chi connectivity index (χ1v) is 7.27. The average molecular weight is 296 g/mol. The van der Waals surface area contributed by atoms with Crippen molar-refractivity contribution in [1.29, 1.82) is 0 Å². The number of carbonyl (C=O) groups excluding carboxylic acids is 1. The number of rotatable bonds is 4. The van der Waals surface area contributed by atoms with Crippen LogP contribution in [0.4, 0.5) is 5.00 Å². The van der Waals surface area contributed by atoms with E-state index in [1.165, 1.54) is 11.3 Å². The zero-order valence-corrected chi connectivity index (χ0v) is 12.0. The van der Waals surface area contributed by atoms with Gasteiger partial charge in [-0.25, -0.2) is 4.79 Å². The molecule has 0 fully saturated rings. The Bertz CT molecular complexity index is 631. The summed E-state index contributed by atoms with van der Waals surface area (Å²) >= 11 is 2.33. The molecule has 0 aromatic carbocycles. The number of nitrogens with zero attached hydrogens (tertiary/aromatic N) is 1. The van der Waals surface area contributed by atoms with Crippen molar-refractivity contribution >= 4 is 39.7 Å². The van der Waals surface area contributed by atoms with Gasteiger partial charge < -0.3 is 10.4 Å². The second-order valence-electron chi connectivity index (χ2n) is 3.86. The van der Waals surface area contributed by atoms with Crippen LogP contribution >= 0.6 is 22.9 Å². The quantitative estimate of drug-likeness (QED) is 0.909. The van der Waals surface area contributed by atoms with Gasteiger partial charge in [-0.05, 0) is 41.9 Å². The molecule has 2 rings (SSSR count). The van der Waals surface area contributed by atoms with Crippen LogP contribution in [-0.2, 0) is 6.42 Å². The van der Waals surface area contributed by atoms with Gasteiger partial charge in [-0.15, -0.1) is 11.3 Å². The minimum Gasteiger partial charge on any atom is -0.478 e. The third kappa shape index (κ3) is 2.66. The molecule has 0 aliphatic carbocycles. The number of hydrogen-bond acceptors (Lipinski definition) is 5. The second-order valence-corrected chi connectivity index (χ2v) is 5.55. The number of aromatic nitrogens is 1. The SMILES string of the molecule is CCc1ccsc1C(=O)Nc1snc(C)c1C(=O)O. The van der Waals surface area contributed by atoms with Crippen LogP contribution in [0, 0.1) is 6.92 Å². The summed E-state index contributed by atoms with van der Waals surface area (Å²) in [5.74, 6) is -1.36. The molecule has 0 bridgehead atoms. The first-order valence-electron chi connectivity index (χ1n) is 5.61. The Balaban J connectivity index is 2.27. The largest absolute Gasteiger partial charge is 0.478 e. The van der Waals surface area contributed by atoms with Crippen LogP contribution in [0.25, 0.3) is 0 Å². The summed E-state index contributed by atoms with van der Waals surface area (Å²) in [6, 6.07) is 1.90. The molecule has 2 N–H and O–H groups in total. The highest BCUT2D eigenvalue weighted by molar-refractivity contribution is 7.13. The minimum absolute atomic E-state index is 0.0629. The molecule has 0 unspecified atom stereocenters. The molecule has 0 aliphatic rings. The standard InChI is InChI=1S/C12H12N2O3S2/c1-3-7-4-5-18-9(7)10(15)13-11-8(12(16)17)6(2)14-19-11/h4-5H,3H2,1-2H3,(H,13,15)(H,16,17). The van der Waals surface area contributed by atoms with Crippen LogP contribution in [0.2, 0.25) is 0 Å². The van der Waals surface area contributed by atoms with E-state index in [0.29, 0.717) is 10.6 Å². The lowest BCUT2D eigenvalue weighted by atomic mass is 10.2. The van der Waals surface area contributed by atoms with Gasteiger partial charge in [0.05, 0.1) is 10.6 Å². The van der Waals surface area contributed by atoms with Gasteiger partial charge in [0, 0.05) is 0 Å². The zero-order chi connectivity index (χ0) is 14.0. The molecule has 2 heterocycles. The molecule has 19 heavy (non-hydrogen) atoms. The van der Waals surface area contributed by atoms with Gasteiger partial charge in [-0.1, -0.05) is 6.92 Å². The summed E-state index contributed by atoms with van der Waals surface area (Å²) in [6.45, 7) is 3.58. The lowest BCUT2D eigenvalue weighted by Gasteiger charge is -2.03. The third-order valence-electron chi connectivity index (χ3n) is 2.64. The van der Waals surface area contributed by atoms with Crippen LogP contribution < -0.4 is 5.32 Å². The molecule has 0 saturated carbocycles. The third-order valence-corrected chi connectivity index (χ3v) is 4.45. The second kappa shape index (κ2) is 5.50. The van der Waals surface area contributed by atoms with Gasteiger partial charge in [0.1, 0.15) is 10.6 Å². The number of carboxylic acids is 1. The predicted octanol–water partition coefficient (Wildman–Crippen LogP) is 3.03. The number of aryl methyl sites for hydroxylation is 2. The van der Waals surface area contributed by atoms with Crippen molar-refractivity contribution in [3.8, 4) is 0 Å². The Hall–Kier alpha value is -1.73. The molecule has 5 nitrogen and oxygen atoms in total. The zero-order valence-electron chi connectivity index (χ0n) is 10.4. The summed E-state index contributed by atoms with van der Waals surface area (Å²) in [5, 5.41) is 13.9. The number of carboxylic acid groups (broad SMARTS) is 1. The molecule has 1 amide bonds. The highest BCUT2D eigenvalue weighted by Gasteiger charge is 2.21. The number of hydrogen-bond donors (Lipinski definition) is 2. The highest BCUT2D eigenvalue weighted by atomic mass is 32.1. The molecule has 0 aliphatic heterocycles. The maximum atomic E-state index is 12.1. The van der Waals surface area contributed by atoms with Crippen molar-refractivity contribution in [3.05, 3.63) is 33.1 Å². The van der Waals surface area contributed by atoms with E-state index in [0.717, 1.165) is 23.5 Å². The van der Waals surface area contributed by atoms with E-state index in [9.17, 15) is 9.59 Å². The van der Waals surface area contributed by atoms with Gasteiger partial charge in [-0.2, -0.15) is 4.37 Å². The first-order chi connectivity index (χ1) is 9.04. The van der Waals surface area contributed by atoms with Crippen LogP contribution in [0.1, 0.15) is 38.2 Å². The van der Waals surface area contributed by atoms with Gasteiger partial charge in [0.2, 0.25) is 0 Å². The summed E-state index contributed by atoms with van der Waals surface area (Å²) in [6.07, 6.45) is 0.764. The molecule has 2 aromatic rings. The van der Waals surface area contributed by atoms with E-state index in [1.54, 1.807) is 6.92 Å². The van der Waals surface area contributed by atoms with E-state index in [-0.39, 0.29) is 16.5 Å². The van der Waals surface area contributed by atoms with E-state index >= 15 is 0 Å². The molecule has 100 valence electrons. The van der Waals surface area contributed by atoms with E-state index in [4.69, 9.17) is 5.11 Å². The number of anilines is 1. The van der Waals surface area contributed by atoms with Crippen molar-refractivity contribution in [1.82, 2.24) is 4.37 Å². The fraction of sp³-hybridized carbons (Fsp3) is 0.250. The summed E-state index contributed by atoms with van der Waals surface area (Å²) in [4.78, 5) is 23.9. The fourth-order valence-corrected chi connectivity index (χ4v) is 3.35. The lowest BCUT2D eigenvalue weighted by molar-refractivity contribution is 0.0697. The molecule has 0 spiro atoms. The lowest BCUT2D eigenvalue weighted by Crippen LogP contribution is -2.13. The highest BCUT2D eigenvalue weighted by Crippen LogP contribution is 2.26. The number of amides is 1. The van der Waals surface area contributed by atoms with Gasteiger partial charge in [-0.3, -0.25) is 4.79 Å². The topological polar surface area (TPSA) is 79.3 Å². The molecule has 2 aromatic heterocycles. The average Bonchev–Trinajstić information content (AvgIpc) is 2.95. The summed E-state index contributed by atoms with van der Waals surface area (Å²) in [7, 11) is 0. The maximum Gasteiger partial charge on any atom is 0.340 e. The van der Waals surface area contributed by atoms with Crippen molar-refractivity contribution in [2.24, 2.45) is 0 Å². The monoisotopic (exact) mass is 296 g/mol. The number of thiophene rings is 1. The number of nitrogens with one attached hydrogen (secondary N) is 1. The van der Waals surface area contributed by atoms with Gasteiger partial charge in [0.25, 0.3) is 5.91 Å². The first kappa shape index (κ1) is 13.7. The van der Waals surface area contributed by atoms with Crippen LogP contribution in [0.5, 0.6) is 0 Å². The molecule has 0 saturated heterocycles. The van der Waals surface area contributed by atoms with Crippen molar-refractivity contribution < 1.29 is 14.7 Å². The van der Waals surface area contributed by atoms with Crippen LogP contribution in [0.3, 0.4) is 0 Å². The van der Waals surface area contributed by atoms with Crippen molar-refractivity contribution in [2.75, 3.05) is 5.32 Å². The van der Waals surface area contributed by atoms with Gasteiger partial charge >= 0.3 is 5.97 Å². The molecule has 0 radical (unpaired) electrons. The number of carbonyl (C=O) groups is 2. The Morgan fingerprint density at radius 3 is 2.84 bits per heavy atom. The van der Waals surface area contributed by atoms with E-state index in [1.807, 2.05) is 18.4 Å². The Labute approximate surface area is 118 Å². The van der Waals surface area contributed by atoms with Crippen LogP contribution in [-0.4, -0.2) is 21.4 Å². The Morgan fingerprint density at radius 2 is 2.21 bits per heavy atom. The summed E-state index contributed by atoms with van der Waals surface area (Å²) in [5.41, 5.74) is 1.43. The molecule has 7 heteroatoms. The van der Waals surface area contributed by atoms with E-state index in [2.05, 4.69) is 9.69 Å². The fourth-order valence-electron chi connectivity index (χ4n) is 1.68. The number of aromatic carboxylic acids is 1. The van der Waals surface area contributed by atoms with Crippen LogP contribution in [0.15, 0.2) is 11.4 Å². The normalized spacial score (nSPS) is 10.4. The predicted molar refractivity (Wildman–Crippen MR) is 75.5 cm³/mol.